The number of quaternary nitrogens is 1. The van der Waals surface area contributed by atoms with Gasteiger partial charge in [-0.3, -0.25) is 15.0 Å². The Balaban J connectivity index is 1.76. The second kappa shape index (κ2) is 5.88. The number of hydrogen-bond acceptors (Lipinski definition) is 3. The van der Waals surface area contributed by atoms with Crippen LogP contribution < -0.4 is 10.6 Å². The van der Waals surface area contributed by atoms with Gasteiger partial charge in [-0.15, -0.1) is 0 Å². The molecule has 0 aromatic carbocycles. The molecule has 0 spiro atoms. The first kappa shape index (κ1) is 14.3. The van der Waals surface area contributed by atoms with Crippen LogP contribution in [0, 0.1) is 5.92 Å². The van der Waals surface area contributed by atoms with Crippen LogP contribution in [0.1, 0.15) is 13.8 Å². The molecule has 0 radical (unpaired) electrons. The summed E-state index contributed by atoms with van der Waals surface area (Å²) >= 11 is 0. The lowest BCUT2D eigenvalue weighted by Gasteiger charge is -2.49. The first-order valence-corrected chi connectivity index (χ1v) is 7.14. The summed E-state index contributed by atoms with van der Waals surface area (Å²) in [5.41, 5.74) is 0. The van der Waals surface area contributed by atoms with E-state index in [0.717, 1.165) is 43.8 Å². The Kier molecular flexibility index (Phi) is 4.42. The van der Waals surface area contributed by atoms with Crippen LogP contribution in [0.2, 0.25) is 0 Å². The van der Waals surface area contributed by atoms with E-state index < -0.39 is 0 Å². The molecule has 6 heteroatoms. The average molecular weight is 269 g/mol. The van der Waals surface area contributed by atoms with Crippen molar-refractivity contribution in [3.05, 3.63) is 0 Å². The highest BCUT2D eigenvalue weighted by molar-refractivity contribution is 5.94. The van der Waals surface area contributed by atoms with E-state index in [1.807, 2.05) is 13.8 Å². The number of hydrogen-bond donors (Lipinski definition) is 2. The van der Waals surface area contributed by atoms with Gasteiger partial charge in [0.05, 0.1) is 19.6 Å². The fourth-order valence-electron chi connectivity index (χ4n) is 2.78. The van der Waals surface area contributed by atoms with E-state index in [0.29, 0.717) is 19.0 Å². The van der Waals surface area contributed by atoms with E-state index in [-0.39, 0.29) is 11.9 Å². The first-order valence-electron chi connectivity index (χ1n) is 7.14. The third-order valence-electron chi connectivity index (χ3n) is 4.07. The van der Waals surface area contributed by atoms with E-state index in [1.54, 1.807) is 0 Å². The van der Waals surface area contributed by atoms with Crippen molar-refractivity contribution in [2.75, 3.05) is 52.4 Å². The monoisotopic (exact) mass is 269 g/mol. The van der Waals surface area contributed by atoms with Crippen LogP contribution in [0.4, 0.5) is 4.79 Å². The molecule has 3 saturated heterocycles. The minimum atomic E-state index is -0.368. The van der Waals surface area contributed by atoms with Crippen molar-refractivity contribution in [3.63, 3.8) is 0 Å². The van der Waals surface area contributed by atoms with E-state index >= 15 is 0 Å². The number of nitrogens with zero attached hydrogens (tertiary/aromatic N) is 2. The number of nitrogens with one attached hydrogen (secondary N) is 2. The molecule has 3 heterocycles. The second-order valence-corrected chi connectivity index (χ2v) is 6.16. The van der Waals surface area contributed by atoms with Crippen LogP contribution in [0.25, 0.3) is 0 Å². The number of imide groups is 1. The van der Waals surface area contributed by atoms with Crippen molar-refractivity contribution in [2.45, 2.75) is 13.8 Å². The van der Waals surface area contributed by atoms with Crippen LogP contribution in [0.3, 0.4) is 0 Å². The van der Waals surface area contributed by atoms with Gasteiger partial charge in [0.25, 0.3) is 5.91 Å². The van der Waals surface area contributed by atoms with E-state index in [1.165, 1.54) is 0 Å². The smallest absolute Gasteiger partial charge is 0.321 e. The lowest BCUT2D eigenvalue weighted by molar-refractivity contribution is -0.933. The van der Waals surface area contributed by atoms with Gasteiger partial charge in [-0.1, -0.05) is 13.8 Å². The standard InChI is InChI=1S/C13H24N4O2/c1-11(2)9-14-13(19)15-12(18)10-17-6-3-16(4-7-17)5-8-17/h11H,3-10H2,1-2H3,(H-,14,15,18,19)/p+1. The van der Waals surface area contributed by atoms with Crippen LogP contribution in [-0.4, -0.2) is 73.7 Å². The quantitative estimate of drug-likeness (QED) is 0.684. The molecule has 3 aliphatic heterocycles. The number of urea groups is 1. The Morgan fingerprint density at radius 3 is 2.26 bits per heavy atom. The van der Waals surface area contributed by atoms with Crippen LogP contribution in [0.5, 0.6) is 0 Å². The zero-order valence-corrected chi connectivity index (χ0v) is 11.9. The van der Waals surface area contributed by atoms with Gasteiger partial charge in [-0.2, -0.15) is 0 Å². The molecule has 108 valence electrons. The summed E-state index contributed by atoms with van der Waals surface area (Å²) < 4.78 is 0.847. The molecule has 3 fully saturated rings. The highest BCUT2D eigenvalue weighted by Crippen LogP contribution is 2.18. The third kappa shape index (κ3) is 3.91. The average Bonchev–Trinajstić information content (AvgIpc) is 2.37. The lowest BCUT2D eigenvalue weighted by Crippen LogP contribution is -2.69. The predicted molar refractivity (Wildman–Crippen MR) is 72.5 cm³/mol. The summed E-state index contributed by atoms with van der Waals surface area (Å²) in [5.74, 6) is 0.231. The fraction of sp³-hybridized carbons (Fsp3) is 0.846. The Hall–Kier alpha value is -1.14. The van der Waals surface area contributed by atoms with E-state index in [9.17, 15) is 9.59 Å². The van der Waals surface area contributed by atoms with Gasteiger partial charge < -0.3 is 9.80 Å². The summed E-state index contributed by atoms with van der Waals surface area (Å²) in [4.78, 5) is 25.9. The molecule has 0 unspecified atom stereocenters. The molecular weight excluding hydrogens is 244 g/mol. The highest BCUT2D eigenvalue weighted by atomic mass is 16.2. The first-order chi connectivity index (χ1) is 8.99. The highest BCUT2D eigenvalue weighted by Gasteiger charge is 2.39. The van der Waals surface area contributed by atoms with Gasteiger partial charge in [-0.05, 0) is 5.92 Å². The second-order valence-electron chi connectivity index (χ2n) is 6.16. The molecule has 19 heavy (non-hydrogen) atoms. The number of carbonyl (C=O) groups is 2. The maximum atomic E-state index is 11.9. The van der Waals surface area contributed by atoms with E-state index in [2.05, 4.69) is 15.5 Å². The van der Waals surface area contributed by atoms with Crippen molar-refractivity contribution in [1.29, 1.82) is 0 Å². The topological polar surface area (TPSA) is 61.4 Å². The van der Waals surface area contributed by atoms with Crippen LogP contribution >= 0.6 is 0 Å². The van der Waals surface area contributed by atoms with Gasteiger partial charge in [0.15, 0.2) is 6.54 Å². The molecule has 0 aromatic rings. The van der Waals surface area contributed by atoms with Gasteiger partial charge in [-0.25, -0.2) is 4.79 Å². The van der Waals surface area contributed by atoms with Gasteiger partial charge in [0.1, 0.15) is 0 Å². The number of rotatable bonds is 4. The van der Waals surface area contributed by atoms with Crippen molar-refractivity contribution in [3.8, 4) is 0 Å². The van der Waals surface area contributed by atoms with Crippen molar-refractivity contribution < 1.29 is 14.1 Å². The summed E-state index contributed by atoms with van der Waals surface area (Å²) in [6, 6.07) is -0.368. The van der Waals surface area contributed by atoms with Crippen molar-refractivity contribution >= 4 is 11.9 Å². The summed E-state index contributed by atoms with van der Waals surface area (Å²) in [6.07, 6.45) is 0. The molecular formula is C13H25N4O2+. The Bertz CT molecular complexity index is 335. The minimum absolute atomic E-state index is 0.156. The molecule has 0 atom stereocenters. The van der Waals surface area contributed by atoms with Crippen molar-refractivity contribution in [1.82, 2.24) is 15.5 Å². The minimum Gasteiger partial charge on any atom is -0.338 e. The predicted octanol–water partition coefficient (Wildman–Crippen LogP) is -0.386. The number of amides is 3. The molecule has 3 aliphatic rings. The van der Waals surface area contributed by atoms with Gasteiger partial charge in [0.2, 0.25) is 0 Å². The van der Waals surface area contributed by atoms with Gasteiger partial charge >= 0.3 is 6.03 Å². The summed E-state index contributed by atoms with van der Waals surface area (Å²) in [7, 11) is 0. The zero-order valence-electron chi connectivity index (χ0n) is 11.9. The maximum Gasteiger partial charge on any atom is 0.321 e. The molecule has 0 aliphatic carbocycles. The van der Waals surface area contributed by atoms with Crippen molar-refractivity contribution in [2.24, 2.45) is 5.92 Å². The number of fused-ring (bicyclic) bond motifs is 3. The Labute approximate surface area is 114 Å². The molecule has 2 N–H and O–H groups in total. The molecule has 3 rings (SSSR count). The van der Waals surface area contributed by atoms with E-state index in [4.69, 9.17) is 0 Å². The number of piperazine rings is 3. The van der Waals surface area contributed by atoms with Crippen LogP contribution in [-0.2, 0) is 4.79 Å². The molecule has 3 amide bonds. The van der Waals surface area contributed by atoms with Gasteiger partial charge in [0, 0.05) is 26.2 Å². The SMILES string of the molecule is CC(C)CNC(=O)NC(=O)C[N+]12CCN(CC1)CC2. The Morgan fingerprint density at radius 2 is 1.74 bits per heavy atom. The van der Waals surface area contributed by atoms with Crippen LogP contribution in [0.15, 0.2) is 0 Å². The molecule has 0 aromatic heterocycles. The zero-order chi connectivity index (χ0) is 13.9. The largest absolute Gasteiger partial charge is 0.338 e. The molecule has 2 bridgehead atoms. The maximum absolute atomic E-state index is 11.9. The summed E-state index contributed by atoms with van der Waals surface area (Å²) in [5, 5.41) is 5.15. The Morgan fingerprint density at radius 1 is 1.16 bits per heavy atom. The molecule has 0 saturated carbocycles. The lowest BCUT2D eigenvalue weighted by atomic mass is 10.1. The summed E-state index contributed by atoms with van der Waals surface area (Å²) in [6.45, 7) is 11.4. The normalized spacial score (nSPS) is 29.3. The molecule has 6 nitrogen and oxygen atoms in total. The third-order valence-corrected chi connectivity index (χ3v) is 4.07. The number of carbonyl (C=O) groups excluding carboxylic acids is 2. The fourth-order valence-corrected chi connectivity index (χ4v) is 2.78.